The first-order valence-corrected chi connectivity index (χ1v) is 7.46. The third-order valence-corrected chi connectivity index (χ3v) is 3.61. The summed E-state index contributed by atoms with van der Waals surface area (Å²) in [5.41, 5.74) is 9.11. The zero-order valence-electron chi connectivity index (χ0n) is 11.4. The van der Waals surface area contributed by atoms with Crippen LogP contribution >= 0.6 is 11.3 Å². The largest absolute Gasteiger partial charge is 0.462 e. The molecule has 0 aliphatic heterocycles. The first kappa shape index (κ1) is 14.4. The topological polar surface area (TPSA) is 64.3 Å². The number of carbonyl (C=O) groups excluding carboxylic acids is 1. The molecule has 1 aromatic heterocycles. The Bertz CT molecular complexity index is 567. The molecule has 3 N–H and O–H groups in total. The average Bonchev–Trinajstić information content (AvgIpc) is 2.94. The van der Waals surface area contributed by atoms with E-state index < -0.39 is 0 Å². The van der Waals surface area contributed by atoms with Crippen LogP contribution in [0.1, 0.15) is 22.8 Å². The second-order valence-electron chi connectivity index (χ2n) is 4.33. The first-order valence-electron chi connectivity index (χ1n) is 6.52. The maximum absolute atomic E-state index is 11.7. The second kappa shape index (κ2) is 6.96. The van der Waals surface area contributed by atoms with Crippen molar-refractivity contribution >= 4 is 28.7 Å². The van der Waals surface area contributed by atoms with E-state index >= 15 is 0 Å². The molecule has 0 saturated carbocycles. The number of benzene rings is 1. The number of nitrogen functional groups attached to an aromatic ring is 1. The lowest BCUT2D eigenvalue weighted by atomic mass is 10.1. The van der Waals surface area contributed by atoms with Crippen LogP contribution in [-0.2, 0) is 11.2 Å². The summed E-state index contributed by atoms with van der Waals surface area (Å²) in [6, 6.07) is 7.24. The van der Waals surface area contributed by atoms with Crippen LogP contribution in [-0.4, -0.2) is 19.1 Å². The van der Waals surface area contributed by atoms with E-state index in [9.17, 15) is 4.79 Å². The van der Waals surface area contributed by atoms with E-state index in [0.717, 1.165) is 18.7 Å². The van der Waals surface area contributed by atoms with Gasteiger partial charge in [-0.25, -0.2) is 4.79 Å². The first-order chi connectivity index (χ1) is 9.70. The van der Waals surface area contributed by atoms with Gasteiger partial charge in [-0.2, -0.15) is 11.3 Å². The minimum absolute atomic E-state index is 0.326. The average molecular weight is 290 g/mol. The fraction of sp³-hybridized carbons (Fsp3) is 0.267. The Kier molecular flexibility index (Phi) is 5.01. The number of anilines is 2. The minimum Gasteiger partial charge on any atom is -0.462 e. The quantitative estimate of drug-likeness (QED) is 0.633. The maximum atomic E-state index is 11.7. The standard InChI is InChI=1S/C15H18N2O2S/c1-2-19-15(18)12-3-4-13(16)14(9-12)17-7-5-11-6-8-20-10-11/h3-4,6,8-10,17H,2,5,7,16H2,1H3. The van der Waals surface area contributed by atoms with Crippen molar-refractivity contribution in [2.24, 2.45) is 0 Å². The maximum Gasteiger partial charge on any atom is 0.338 e. The van der Waals surface area contributed by atoms with Crippen molar-refractivity contribution in [3.05, 3.63) is 46.2 Å². The van der Waals surface area contributed by atoms with Crippen molar-refractivity contribution in [2.45, 2.75) is 13.3 Å². The number of hydrogen-bond acceptors (Lipinski definition) is 5. The molecule has 0 fully saturated rings. The van der Waals surface area contributed by atoms with Crippen molar-refractivity contribution in [3.8, 4) is 0 Å². The van der Waals surface area contributed by atoms with Crippen LogP contribution in [0.5, 0.6) is 0 Å². The molecule has 20 heavy (non-hydrogen) atoms. The number of carbonyl (C=O) groups is 1. The van der Waals surface area contributed by atoms with E-state index in [1.807, 2.05) is 0 Å². The summed E-state index contributed by atoms with van der Waals surface area (Å²) in [5, 5.41) is 7.45. The van der Waals surface area contributed by atoms with Gasteiger partial charge in [0.2, 0.25) is 0 Å². The Hall–Kier alpha value is -2.01. The van der Waals surface area contributed by atoms with Gasteiger partial charge < -0.3 is 15.8 Å². The molecule has 0 aliphatic rings. The molecular weight excluding hydrogens is 272 g/mol. The Morgan fingerprint density at radius 1 is 1.40 bits per heavy atom. The molecule has 0 spiro atoms. The van der Waals surface area contributed by atoms with Gasteiger partial charge >= 0.3 is 5.97 Å². The molecule has 0 unspecified atom stereocenters. The van der Waals surface area contributed by atoms with Crippen LogP contribution in [0, 0.1) is 0 Å². The highest BCUT2D eigenvalue weighted by atomic mass is 32.1. The summed E-state index contributed by atoms with van der Waals surface area (Å²) < 4.78 is 4.98. The fourth-order valence-electron chi connectivity index (χ4n) is 1.83. The summed E-state index contributed by atoms with van der Waals surface area (Å²) in [4.78, 5) is 11.7. The van der Waals surface area contributed by atoms with E-state index in [2.05, 4.69) is 22.1 Å². The molecule has 2 rings (SSSR count). The van der Waals surface area contributed by atoms with Gasteiger partial charge in [0.1, 0.15) is 0 Å². The van der Waals surface area contributed by atoms with Crippen LogP contribution in [0.4, 0.5) is 11.4 Å². The van der Waals surface area contributed by atoms with Crippen LogP contribution in [0.2, 0.25) is 0 Å². The normalized spacial score (nSPS) is 10.2. The Labute approximate surface area is 122 Å². The summed E-state index contributed by atoms with van der Waals surface area (Å²) in [5.74, 6) is -0.326. The van der Waals surface area contributed by atoms with Crippen molar-refractivity contribution < 1.29 is 9.53 Å². The Balaban J connectivity index is 1.99. The lowest BCUT2D eigenvalue weighted by Crippen LogP contribution is -2.09. The van der Waals surface area contributed by atoms with Gasteiger partial charge in [-0.15, -0.1) is 0 Å². The molecule has 0 saturated heterocycles. The van der Waals surface area contributed by atoms with Gasteiger partial charge in [-0.05, 0) is 53.9 Å². The van der Waals surface area contributed by atoms with Gasteiger partial charge in [0.15, 0.2) is 0 Å². The Morgan fingerprint density at radius 3 is 2.95 bits per heavy atom. The highest BCUT2D eigenvalue weighted by Crippen LogP contribution is 2.20. The smallest absolute Gasteiger partial charge is 0.338 e. The third-order valence-electron chi connectivity index (χ3n) is 2.87. The van der Waals surface area contributed by atoms with Gasteiger partial charge in [-0.3, -0.25) is 0 Å². The molecule has 0 bridgehead atoms. The van der Waals surface area contributed by atoms with Crippen LogP contribution < -0.4 is 11.1 Å². The molecule has 1 aromatic carbocycles. The number of esters is 1. The van der Waals surface area contributed by atoms with Crippen molar-refractivity contribution in [1.82, 2.24) is 0 Å². The molecule has 0 aliphatic carbocycles. The molecule has 4 nitrogen and oxygen atoms in total. The summed E-state index contributed by atoms with van der Waals surface area (Å²) in [6.45, 7) is 2.92. The molecule has 2 aromatic rings. The number of nitrogens with one attached hydrogen (secondary N) is 1. The third kappa shape index (κ3) is 3.74. The number of ether oxygens (including phenoxy) is 1. The second-order valence-corrected chi connectivity index (χ2v) is 5.11. The van der Waals surface area contributed by atoms with Crippen molar-refractivity contribution in [1.29, 1.82) is 0 Å². The number of rotatable bonds is 6. The fourth-order valence-corrected chi connectivity index (χ4v) is 2.53. The minimum atomic E-state index is -0.326. The molecule has 5 heteroatoms. The van der Waals surface area contributed by atoms with Crippen LogP contribution in [0.15, 0.2) is 35.0 Å². The monoisotopic (exact) mass is 290 g/mol. The molecule has 0 atom stereocenters. The predicted octanol–water partition coefficient (Wildman–Crippen LogP) is 3.16. The highest BCUT2D eigenvalue weighted by molar-refractivity contribution is 7.07. The lowest BCUT2D eigenvalue weighted by molar-refractivity contribution is 0.0526. The van der Waals surface area contributed by atoms with Gasteiger partial charge in [0.05, 0.1) is 23.5 Å². The summed E-state index contributed by atoms with van der Waals surface area (Å²) in [6.07, 6.45) is 0.923. The van der Waals surface area contributed by atoms with Crippen molar-refractivity contribution in [2.75, 3.05) is 24.2 Å². The molecular formula is C15H18N2O2S. The molecule has 1 heterocycles. The van der Waals surface area contributed by atoms with E-state index in [4.69, 9.17) is 10.5 Å². The van der Waals surface area contributed by atoms with Crippen LogP contribution in [0.25, 0.3) is 0 Å². The van der Waals surface area contributed by atoms with Gasteiger partial charge in [0, 0.05) is 6.54 Å². The molecule has 0 radical (unpaired) electrons. The summed E-state index contributed by atoms with van der Waals surface area (Å²) >= 11 is 1.69. The Morgan fingerprint density at radius 2 is 2.25 bits per heavy atom. The molecule has 106 valence electrons. The van der Waals surface area contributed by atoms with Crippen molar-refractivity contribution in [3.63, 3.8) is 0 Å². The zero-order chi connectivity index (χ0) is 14.4. The van der Waals surface area contributed by atoms with Gasteiger partial charge in [-0.1, -0.05) is 0 Å². The lowest BCUT2D eigenvalue weighted by Gasteiger charge is -2.10. The molecule has 0 amide bonds. The number of nitrogens with two attached hydrogens (primary N) is 1. The number of thiophene rings is 1. The number of hydrogen-bond donors (Lipinski definition) is 2. The SMILES string of the molecule is CCOC(=O)c1ccc(N)c(NCCc2ccsc2)c1. The van der Waals surface area contributed by atoms with Gasteiger partial charge in [0.25, 0.3) is 0 Å². The highest BCUT2D eigenvalue weighted by Gasteiger charge is 2.09. The zero-order valence-corrected chi connectivity index (χ0v) is 12.2. The van der Waals surface area contributed by atoms with E-state index in [-0.39, 0.29) is 5.97 Å². The van der Waals surface area contributed by atoms with E-state index in [1.54, 1.807) is 36.5 Å². The summed E-state index contributed by atoms with van der Waals surface area (Å²) in [7, 11) is 0. The van der Waals surface area contributed by atoms with Crippen LogP contribution in [0.3, 0.4) is 0 Å². The predicted molar refractivity (Wildman–Crippen MR) is 83.3 cm³/mol. The van der Waals surface area contributed by atoms with E-state index in [0.29, 0.717) is 17.9 Å². The van der Waals surface area contributed by atoms with E-state index in [1.165, 1.54) is 5.56 Å².